The van der Waals surface area contributed by atoms with Gasteiger partial charge in [0.2, 0.25) is 0 Å². The van der Waals surface area contributed by atoms with Crippen molar-refractivity contribution < 1.29 is 14.2 Å². The third-order valence-electron chi connectivity index (χ3n) is 4.02. The zero-order chi connectivity index (χ0) is 15.2. The van der Waals surface area contributed by atoms with Crippen LogP contribution in [0.4, 0.5) is 10.1 Å². The molecule has 0 spiro atoms. The fourth-order valence-electron chi connectivity index (χ4n) is 2.60. The molecule has 2 rings (SSSR count). The molecule has 5 heteroatoms. The summed E-state index contributed by atoms with van der Waals surface area (Å²) in [6, 6.07) is 5.44. The largest absolute Gasteiger partial charge is 0.395 e. The molecule has 2 N–H and O–H groups in total. The van der Waals surface area contributed by atoms with Crippen LogP contribution < -0.4 is 10.2 Å². The minimum atomic E-state index is -0.194. The fourth-order valence-corrected chi connectivity index (χ4v) is 2.60. The zero-order valence-electron chi connectivity index (χ0n) is 12.8. The molecule has 1 aliphatic heterocycles. The van der Waals surface area contributed by atoms with Gasteiger partial charge in [-0.15, -0.1) is 0 Å². The highest BCUT2D eigenvalue weighted by Crippen LogP contribution is 2.24. The molecule has 118 valence electrons. The lowest BCUT2D eigenvalue weighted by Crippen LogP contribution is -2.37. The molecule has 2 atom stereocenters. The smallest absolute Gasteiger partial charge is 0.146 e. The van der Waals surface area contributed by atoms with Gasteiger partial charge in [-0.1, -0.05) is 13.0 Å². The standard InChI is InChI=1S/C16H25FN2O2/c1-3-14(11-20)18-12(2)13-4-5-16(15(17)10-13)19-6-8-21-9-7-19/h4-5,10,12,14,18,20H,3,6-9,11H2,1-2H3. The number of benzene rings is 1. The summed E-state index contributed by atoms with van der Waals surface area (Å²) in [4.78, 5) is 2.02. The Morgan fingerprint density at radius 2 is 2.10 bits per heavy atom. The van der Waals surface area contributed by atoms with E-state index in [1.54, 1.807) is 6.07 Å². The number of nitrogens with one attached hydrogen (secondary N) is 1. The second-order valence-electron chi connectivity index (χ2n) is 5.49. The average Bonchev–Trinajstić information content (AvgIpc) is 2.53. The average molecular weight is 296 g/mol. The van der Waals surface area contributed by atoms with Crippen LogP contribution in [0, 0.1) is 5.82 Å². The summed E-state index contributed by atoms with van der Waals surface area (Å²) in [7, 11) is 0. The Balaban J connectivity index is 2.07. The number of nitrogens with zero attached hydrogens (tertiary/aromatic N) is 1. The maximum absolute atomic E-state index is 14.3. The van der Waals surface area contributed by atoms with Gasteiger partial charge in [-0.2, -0.15) is 0 Å². The van der Waals surface area contributed by atoms with E-state index in [0.29, 0.717) is 18.9 Å². The number of hydrogen-bond acceptors (Lipinski definition) is 4. The molecular formula is C16H25FN2O2. The third-order valence-corrected chi connectivity index (χ3v) is 4.02. The van der Waals surface area contributed by atoms with Gasteiger partial charge in [0, 0.05) is 25.2 Å². The van der Waals surface area contributed by atoms with Crippen molar-refractivity contribution in [3.05, 3.63) is 29.6 Å². The van der Waals surface area contributed by atoms with Crippen LogP contribution in [0.2, 0.25) is 0 Å². The van der Waals surface area contributed by atoms with Crippen molar-refractivity contribution in [1.82, 2.24) is 5.32 Å². The first-order chi connectivity index (χ1) is 10.2. The Labute approximate surface area is 125 Å². The predicted octanol–water partition coefficient (Wildman–Crippen LogP) is 2.08. The SMILES string of the molecule is CCC(CO)NC(C)c1ccc(N2CCOCC2)c(F)c1. The first kappa shape index (κ1) is 16.2. The minimum absolute atomic E-state index is 0.00957. The first-order valence-electron chi connectivity index (χ1n) is 7.64. The first-order valence-corrected chi connectivity index (χ1v) is 7.64. The second kappa shape index (κ2) is 7.73. The Kier molecular flexibility index (Phi) is 5.96. The monoisotopic (exact) mass is 296 g/mol. The predicted molar refractivity (Wildman–Crippen MR) is 82.1 cm³/mol. The highest BCUT2D eigenvalue weighted by atomic mass is 19.1. The van der Waals surface area contributed by atoms with E-state index < -0.39 is 0 Å². The van der Waals surface area contributed by atoms with E-state index in [2.05, 4.69) is 5.32 Å². The van der Waals surface area contributed by atoms with Crippen molar-refractivity contribution in [3.8, 4) is 0 Å². The lowest BCUT2D eigenvalue weighted by Gasteiger charge is -2.29. The fraction of sp³-hybridized carbons (Fsp3) is 0.625. The van der Waals surface area contributed by atoms with Crippen LogP contribution >= 0.6 is 0 Å². The molecular weight excluding hydrogens is 271 g/mol. The highest BCUT2D eigenvalue weighted by molar-refractivity contribution is 5.49. The van der Waals surface area contributed by atoms with E-state index in [4.69, 9.17) is 4.74 Å². The van der Waals surface area contributed by atoms with Crippen LogP contribution in [0.15, 0.2) is 18.2 Å². The zero-order valence-corrected chi connectivity index (χ0v) is 12.8. The molecule has 1 saturated heterocycles. The van der Waals surface area contributed by atoms with Gasteiger partial charge in [0.05, 0.1) is 25.5 Å². The molecule has 21 heavy (non-hydrogen) atoms. The second-order valence-corrected chi connectivity index (χ2v) is 5.49. The Morgan fingerprint density at radius 3 is 2.67 bits per heavy atom. The third kappa shape index (κ3) is 4.15. The molecule has 1 aliphatic rings. The number of ether oxygens (including phenoxy) is 1. The maximum Gasteiger partial charge on any atom is 0.146 e. The highest BCUT2D eigenvalue weighted by Gasteiger charge is 2.17. The van der Waals surface area contributed by atoms with Crippen molar-refractivity contribution in [3.63, 3.8) is 0 Å². The van der Waals surface area contributed by atoms with Gasteiger partial charge in [0.1, 0.15) is 5.82 Å². The molecule has 0 amide bonds. The summed E-state index contributed by atoms with van der Waals surface area (Å²) >= 11 is 0. The van der Waals surface area contributed by atoms with Crippen molar-refractivity contribution >= 4 is 5.69 Å². The van der Waals surface area contributed by atoms with Gasteiger partial charge >= 0.3 is 0 Å². The molecule has 1 fully saturated rings. The number of aliphatic hydroxyl groups excluding tert-OH is 1. The van der Waals surface area contributed by atoms with E-state index in [9.17, 15) is 9.50 Å². The quantitative estimate of drug-likeness (QED) is 0.844. The van der Waals surface area contributed by atoms with Crippen molar-refractivity contribution in [2.24, 2.45) is 0 Å². The van der Waals surface area contributed by atoms with E-state index in [1.165, 1.54) is 0 Å². The molecule has 2 unspecified atom stereocenters. The molecule has 0 bridgehead atoms. The van der Waals surface area contributed by atoms with Crippen molar-refractivity contribution in [1.29, 1.82) is 0 Å². The van der Waals surface area contributed by atoms with Crippen LogP contribution in [0.25, 0.3) is 0 Å². The number of hydrogen-bond donors (Lipinski definition) is 2. The normalized spacial score (nSPS) is 18.6. The summed E-state index contributed by atoms with van der Waals surface area (Å²) < 4.78 is 19.6. The molecule has 1 aromatic rings. The Morgan fingerprint density at radius 1 is 1.38 bits per heavy atom. The summed E-state index contributed by atoms with van der Waals surface area (Å²) in [5, 5.41) is 12.5. The number of halogens is 1. The van der Waals surface area contributed by atoms with E-state index in [0.717, 1.165) is 25.1 Å². The van der Waals surface area contributed by atoms with Gasteiger partial charge in [0.15, 0.2) is 0 Å². The van der Waals surface area contributed by atoms with Gasteiger partial charge < -0.3 is 20.1 Å². The van der Waals surface area contributed by atoms with Gasteiger partial charge in [-0.05, 0) is 31.0 Å². The molecule has 1 aromatic carbocycles. The Hall–Kier alpha value is -1.17. The topological polar surface area (TPSA) is 44.7 Å². The van der Waals surface area contributed by atoms with Crippen molar-refractivity contribution in [2.75, 3.05) is 37.8 Å². The Bertz CT molecular complexity index is 446. The van der Waals surface area contributed by atoms with Crippen LogP contribution in [0.3, 0.4) is 0 Å². The van der Waals surface area contributed by atoms with Crippen LogP contribution in [-0.2, 0) is 4.74 Å². The van der Waals surface area contributed by atoms with Crippen LogP contribution in [0.5, 0.6) is 0 Å². The lowest BCUT2D eigenvalue weighted by molar-refractivity contribution is 0.122. The van der Waals surface area contributed by atoms with Crippen LogP contribution in [0.1, 0.15) is 31.9 Å². The number of rotatable bonds is 6. The lowest BCUT2D eigenvalue weighted by atomic mass is 10.1. The summed E-state index contributed by atoms with van der Waals surface area (Å²) in [5.41, 5.74) is 1.54. The maximum atomic E-state index is 14.3. The molecule has 0 saturated carbocycles. The van der Waals surface area contributed by atoms with E-state index in [-0.39, 0.29) is 24.5 Å². The summed E-state index contributed by atoms with van der Waals surface area (Å²) in [5.74, 6) is -0.194. The van der Waals surface area contributed by atoms with Crippen molar-refractivity contribution in [2.45, 2.75) is 32.4 Å². The number of aliphatic hydroxyl groups is 1. The molecule has 1 heterocycles. The van der Waals surface area contributed by atoms with Gasteiger partial charge in [-0.3, -0.25) is 0 Å². The molecule has 0 aromatic heterocycles. The van der Waals surface area contributed by atoms with E-state index >= 15 is 0 Å². The molecule has 0 aliphatic carbocycles. The minimum Gasteiger partial charge on any atom is -0.395 e. The van der Waals surface area contributed by atoms with E-state index in [1.807, 2.05) is 30.9 Å². The molecule has 4 nitrogen and oxygen atoms in total. The van der Waals surface area contributed by atoms with Crippen LogP contribution in [-0.4, -0.2) is 44.1 Å². The number of anilines is 1. The molecule has 0 radical (unpaired) electrons. The number of morpholine rings is 1. The van der Waals surface area contributed by atoms with Gasteiger partial charge in [-0.25, -0.2) is 4.39 Å². The van der Waals surface area contributed by atoms with Gasteiger partial charge in [0.25, 0.3) is 0 Å². The summed E-state index contributed by atoms with van der Waals surface area (Å²) in [6.45, 7) is 6.85. The summed E-state index contributed by atoms with van der Waals surface area (Å²) in [6.07, 6.45) is 0.842.